The third-order valence-electron chi connectivity index (χ3n) is 0. The molecule has 0 aromatic rings. The third-order valence-corrected chi connectivity index (χ3v) is 0. The SMILES string of the molecule is [Cl-].[Cl-].[Cl-].[Cl-].[Cl-].[Pd+2].[Rh+3]. The fraction of sp³-hybridized carbons (Fsp3) is 0. The summed E-state index contributed by atoms with van der Waals surface area (Å²) in [5.41, 5.74) is 0. The normalized spacial score (nSPS) is 0. The molecule has 0 heterocycles. The van der Waals surface area contributed by atoms with E-state index in [0.717, 1.165) is 0 Å². The van der Waals surface area contributed by atoms with Crippen LogP contribution in [-0.4, -0.2) is 0 Å². The van der Waals surface area contributed by atoms with Crippen molar-refractivity contribution in [2.75, 3.05) is 0 Å². The number of hydrogen-bond acceptors (Lipinski definition) is 0. The molecule has 0 aromatic carbocycles. The molecule has 0 fully saturated rings. The van der Waals surface area contributed by atoms with Gasteiger partial charge in [0.15, 0.2) is 0 Å². The molecule has 7 heteroatoms. The van der Waals surface area contributed by atoms with E-state index in [9.17, 15) is 0 Å². The Kier molecular flexibility index (Phi) is 991. The fourth-order valence-electron chi connectivity index (χ4n) is 0. The van der Waals surface area contributed by atoms with Crippen LogP contribution in [0.15, 0.2) is 0 Å². The minimum absolute atomic E-state index is 0. The molecule has 0 nitrogen and oxygen atoms in total. The second-order valence-electron chi connectivity index (χ2n) is 0. The summed E-state index contributed by atoms with van der Waals surface area (Å²) in [6.45, 7) is 0. The number of halogens is 5. The van der Waals surface area contributed by atoms with E-state index in [-0.39, 0.29) is 102 Å². The monoisotopic (exact) mass is 384 g/mol. The topological polar surface area (TPSA) is 0 Å². The van der Waals surface area contributed by atoms with Gasteiger partial charge >= 0.3 is 39.9 Å². The van der Waals surface area contributed by atoms with E-state index < -0.39 is 0 Å². The molecule has 0 aliphatic rings. The van der Waals surface area contributed by atoms with Gasteiger partial charge in [-0.25, -0.2) is 0 Å². The molecule has 0 spiro atoms. The molecule has 7 heavy (non-hydrogen) atoms. The Morgan fingerprint density at radius 1 is 0.429 bits per heavy atom. The van der Waals surface area contributed by atoms with Crippen LogP contribution in [-0.2, 0) is 39.9 Å². The van der Waals surface area contributed by atoms with E-state index in [2.05, 4.69) is 0 Å². The molecule has 54 valence electrons. The predicted octanol–water partition coefficient (Wildman–Crippen LogP) is -15.0. The van der Waals surface area contributed by atoms with Gasteiger partial charge in [0.05, 0.1) is 0 Å². The predicted molar refractivity (Wildman–Crippen MR) is 0 cm³/mol. The smallest absolute Gasteiger partial charge is 1.00 e. The van der Waals surface area contributed by atoms with Crippen molar-refractivity contribution in [2.45, 2.75) is 0 Å². The summed E-state index contributed by atoms with van der Waals surface area (Å²) in [6, 6.07) is 0. The van der Waals surface area contributed by atoms with E-state index in [0.29, 0.717) is 0 Å². The maximum Gasteiger partial charge on any atom is 3.00 e. The Labute approximate surface area is 101 Å². The Balaban J connectivity index is 0. The first kappa shape index (κ1) is 99.3. The van der Waals surface area contributed by atoms with Crippen LogP contribution in [0, 0.1) is 0 Å². The Morgan fingerprint density at radius 3 is 0.429 bits per heavy atom. The van der Waals surface area contributed by atoms with E-state index >= 15 is 0 Å². The second-order valence-corrected chi connectivity index (χ2v) is 0. The minimum Gasteiger partial charge on any atom is -1.00 e. The molecule has 0 N–H and O–H groups in total. The molecule has 0 aliphatic carbocycles. The summed E-state index contributed by atoms with van der Waals surface area (Å²) in [5.74, 6) is 0. The van der Waals surface area contributed by atoms with Gasteiger partial charge in [-0.1, -0.05) is 0 Å². The van der Waals surface area contributed by atoms with Gasteiger partial charge < -0.3 is 62.0 Å². The van der Waals surface area contributed by atoms with Crippen molar-refractivity contribution in [1.82, 2.24) is 0 Å². The van der Waals surface area contributed by atoms with Crippen molar-refractivity contribution in [3.63, 3.8) is 0 Å². The van der Waals surface area contributed by atoms with Gasteiger partial charge in [-0.15, -0.1) is 0 Å². The molecule has 0 saturated heterocycles. The standard InChI is InChI=1S/5ClH.Pd.Rh/h5*1H;;/q;;;;;+2;+3/p-5. The van der Waals surface area contributed by atoms with Crippen LogP contribution in [0.3, 0.4) is 0 Å². The van der Waals surface area contributed by atoms with Crippen LogP contribution < -0.4 is 62.0 Å². The molecule has 0 amide bonds. The van der Waals surface area contributed by atoms with Crippen LogP contribution in [0.5, 0.6) is 0 Å². The molecule has 0 aliphatic heterocycles. The summed E-state index contributed by atoms with van der Waals surface area (Å²) < 4.78 is 0. The van der Waals surface area contributed by atoms with Gasteiger partial charge in [0, 0.05) is 0 Å². The summed E-state index contributed by atoms with van der Waals surface area (Å²) >= 11 is 0. The van der Waals surface area contributed by atoms with Crippen molar-refractivity contribution in [2.24, 2.45) is 0 Å². The largest absolute Gasteiger partial charge is 3.00 e. The first-order chi connectivity index (χ1) is 0. The van der Waals surface area contributed by atoms with Gasteiger partial charge in [-0.2, -0.15) is 0 Å². The van der Waals surface area contributed by atoms with Crippen molar-refractivity contribution in [1.29, 1.82) is 0 Å². The maximum atomic E-state index is 0. The van der Waals surface area contributed by atoms with Crippen LogP contribution in [0.1, 0.15) is 0 Å². The van der Waals surface area contributed by atoms with Gasteiger partial charge in [-0.3, -0.25) is 0 Å². The van der Waals surface area contributed by atoms with Gasteiger partial charge in [-0.05, 0) is 0 Å². The molecule has 0 aromatic heterocycles. The van der Waals surface area contributed by atoms with Gasteiger partial charge in [0.2, 0.25) is 0 Å². The zero-order chi connectivity index (χ0) is 0. The Hall–Kier alpha value is 2.74. The number of hydrogen-bond donors (Lipinski definition) is 0. The quantitative estimate of drug-likeness (QED) is 0.363. The first-order valence-corrected chi connectivity index (χ1v) is 0. The molecular formula is Cl5PdRh. The third kappa shape index (κ3) is 53.0. The van der Waals surface area contributed by atoms with Crippen molar-refractivity contribution >= 4 is 0 Å². The van der Waals surface area contributed by atoms with Crippen LogP contribution >= 0.6 is 0 Å². The average Bonchev–Trinajstić information content (AvgIpc) is 0. The van der Waals surface area contributed by atoms with Crippen molar-refractivity contribution in [3.05, 3.63) is 0 Å². The van der Waals surface area contributed by atoms with Crippen molar-refractivity contribution < 1.29 is 102 Å². The fourth-order valence-corrected chi connectivity index (χ4v) is 0. The van der Waals surface area contributed by atoms with Crippen LogP contribution in [0.2, 0.25) is 0 Å². The molecule has 0 unspecified atom stereocenters. The maximum absolute atomic E-state index is 0. The van der Waals surface area contributed by atoms with Gasteiger partial charge in [0.25, 0.3) is 0 Å². The van der Waals surface area contributed by atoms with Gasteiger partial charge in [0.1, 0.15) is 0 Å². The zero-order valence-electron chi connectivity index (χ0n) is 2.54. The summed E-state index contributed by atoms with van der Waals surface area (Å²) in [7, 11) is 0. The summed E-state index contributed by atoms with van der Waals surface area (Å²) in [6.07, 6.45) is 0. The van der Waals surface area contributed by atoms with E-state index in [1.807, 2.05) is 0 Å². The Morgan fingerprint density at radius 2 is 0.429 bits per heavy atom. The Bertz CT molecular complexity index is 8.04. The second kappa shape index (κ2) is 69.8. The molecule has 0 rings (SSSR count). The zero-order valence-corrected chi connectivity index (χ0v) is 9.51. The summed E-state index contributed by atoms with van der Waals surface area (Å²) in [4.78, 5) is 0. The molecule has 0 saturated carbocycles. The van der Waals surface area contributed by atoms with Crippen molar-refractivity contribution in [3.8, 4) is 0 Å². The average molecular weight is 387 g/mol. The van der Waals surface area contributed by atoms with E-state index in [1.54, 1.807) is 0 Å². The summed E-state index contributed by atoms with van der Waals surface area (Å²) in [5, 5.41) is 0. The first-order valence-electron chi connectivity index (χ1n) is 0. The number of rotatable bonds is 0. The van der Waals surface area contributed by atoms with Crippen LogP contribution in [0.25, 0.3) is 0 Å². The molecular weight excluding hydrogens is 387 g/mol. The van der Waals surface area contributed by atoms with E-state index in [1.165, 1.54) is 0 Å². The van der Waals surface area contributed by atoms with E-state index in [4.69, 9.17) is 0 Å². The molecule has 0 atom stereocenters. The van der Waals surface area contributed by atoms with Crippen LogP contribution in [0.4, 0.5) is 0 Å². The minimum atomic E-state index is 0. The molecule has 0 bridgehead atoms. The molecule has 0 radical (unpaired) electrons.